The van der Waals surface area contributed by atoms with Gasteiger partial charge in [-0.1, -0.05) is 33.3 Å². The van der Waals surface area contributed by atoms with Crippen molar-refractivity contribution in [2.24, 2.45) is 4.99 Å². The molecule has 1 aliphatic rings. The first-order chi connectivity index (χ1) is 18.2. The van der Waals surface area contributed by atoms with Crippen molar-refractivity contribution in [3.63, 3.8) is 0 Å². The molecule has 1 atom stereocenters. The zero-order chi connectivity index (χ0) is 27.6. The maximum Gasteiger partial charge on any atom is 0.338 e. The number of rotatable bonds is 8. The third-order valence-electron chi connectivity index (χ3n) is 5.86. The summed E-state index contributed by atoms with van der Waals surface area (Å²) < 4.78 is 25.2. The molecule has 2 heterocycles. The highest BCUT2D eigenvalue weighted by molar-refractivity contribution is 9.10. The fourth-order valence-corrected chi connectivity index (χ4v) is 5.69. The fraction of sp³-hybridized carbons (Fsp3) is 0.321. The number of thiazole rings is 1. The Labute approximate surface area is 233 Å². The number of carbonyl (C=O) groups excluding carboxylic acids is 1. The van der Waals surface area contributed by atoms with E-state index in [0.29, 0.717) is 43.4 Å². The second kappa shape index (κ2) is 11.6. The molecule has 200 valence electrons. The van der Waals surface area contributed by atoms with E-state index in [9.17, 15) is 9.59 Å². The first-order valence-electron chi connectivity index (χ1n) is 12.1. The number of hydrogen-bond acceptors (Lipinski definition) is 8. The standard InChI is InChI=1S/C28H29BrN2O6S/c1-7-36-27(33)24-16(4)30-28-31(25(24)17-8-10-21(37-15(2)3)22(13-17)35-6)26(32)23(38-28)14-18-12-19(29)9-11-20(18)34-5/h8-15,25H,7H2,1-6H3. The predicted octanol–water partition coefficient (Wildman–Crippen LogP) is 4.37. The van der Waals surface area contributed by atoms with Gasteiger partial charge in [0, 0.05) is 10.0 Å². The largest absolute Gasteiger partial charge is 0.496 e. The zero-order valence-electron chi connectivity index (χ0n) is 22.0. The Hall–Kier alpha value is -3.37. The van der Waals surface area contributed by atoms with Crippen molar-refractivity contribution >= 4 is 39.3 Å². The highest BCUT2D eigenvalue weighted by Gasteiger charge is 2.34. The molecule has 8 nitrogen and oxygen atoms in total. The molecule has 2 aromatic carbocycles. The second-order valence-electron chi connectivity index (χ2n) is 8.77. The molecule has 1 aromatic heterocycles. The number of benzene rings is 2. The number of methoxy groups -OCH3 is 2. The number of carbonyl (C=O) groups is 1. The molecule has 10 heteroatoms. The summed E-state index contributed by atoms with van der Waals surface area (Å²) in [4.78, 5) is 32.2. The Bertz CT molecular complexity index is 1590. The van der Waals surface area contributed by atoms with Crippen molar-refractivity contribution in [2.45, 2.75) is 39.8 Å². The molecule has 38 heavy (non-hydrogen) atoms. The van der Waals surface area contributed by atoms with E-state index in [1.54, 1.807) is 46.3 Å². The maximum atomic E-state index is 13.9. The summed E-state index contributed by atoms with van der Waals surface area (Å²) >= 11 is 4.73. The van der Waals surface area contributed by atoms with Crippen molar-refractivity contribution in [3.05, 3.63) is 83.0 Å². The summed E-state index contributed by atoms with van der Waals surface area (Å²) in [6, 6.07) is 10.2. The van der Waals surface area contributed by atoms with Gasteiger partial charge in [-0.3, -0.25) is 9.36 Å². The van der Waals surface area contributed by atoms with E-state index in [0.717, 1.165) is 10.0 Å². The molecule has 0 radical (unpaired) electrons. The van der Waals surface area contributed by atoms with Gasteiger partial charge in [-0.25, -0.2) is 9.79 Å². The topological polar surface area (TPSA) is 88.4 Å². The molecule has 1 unspecified atom stereocenters. The summed E-state index contributed by atoms with van der Waals surface area (Å²) in [5.74, 6) is 1.17. The Morgan fingerprint density at radius 2 is 1.84 bits per heavy atom. The van der Waals surface area contributed by atoms with Crippen LogP contribution in [0.15, 0.2) is 61.9 Å². The average molecular weight is 602 g/mol. The summed E-state index contributed by atoms with van der Waals surface area (Å²) in [5, 5.41) is 0. The van der Waals surface area contributed by atoms with E-state index < -0.39 is 12.0 Å². The van der Waals surface area contributed by atoms with Crippen molar-refractivity contribution in [1.82, 2.24) is 4.57 Å². The molecule has 3 aromatic rings. The van der Waals surface area contributed by atoms with Crippen LogP contribution >= 0.6 is 27.3 Å². The Kier molecular flexibility index (Phi) is 8.42. The summed E-state index contributed by atoms with van der Waals surface area (Å²) in [6.07, 6.45) is 1.72. The highest BCUT2D eigenvalue weighted by Crippen LogP contribution is 2.36. The number of fused-ring (bicyclic) bond motifs is 1. The third-order valence-corrected chi connectivity index (χ3v) is 7.34. The zero-order valence-corrected chi connectivity index (χ0v) is 24.4. The van der Waals surface area contributed by atoms with Crippen LogP contribution in [-0.4, -0.2) is 37.5 Å². The van der Waals surface area contributed by atoms with Crippen LogP contribution < -0.4 is 29.1 Å². The lowest BCUT2D eigenvalue weighted by Crippen LogP contribution is -2.40. The van der Waals surface area contributed by atoms with Gasteiger partial charge in [0.25, 0.3) is 5.56 Å². The number of hydrogen-bond donors (Lipinski definition) is 0. The Morgan fingerprint density at radius 1 is 1.13 bits per heavy atom. The maximum absolute atomic E-state index is 13.9. The van der Waals surface area contributed by atoms with Crippen molar-refractivity contribution < 1.29 is 23.7 Å². The normalized spacial score (nSPS) is 15.3. The van der Waals surface area contributed by atoms with Crippen LogP contribution in [-0.2, 0) is 9.53 Å². The van der Waals surface area contributed by atoms with E-state index in [2.05, 4.69) is 20.9 Å². The third kappa shape index (κ3) is 5.42. The van der Waals surface area contributed by atoms with Crippen LogP contribution in [0.4, 0.5) is 0 Å². The monoisotopic (exact) mass is 600 g/mol. The molecule has 0 bridgehead atoms. The Balaban J connectivity index is 1.97. The van der Waals surface area contributed by atoms with E-state index in [1.165, 1.54) is 15.9 Å². The first-order valence-corrected chi connectivity index (χ1v) is 13.7. The molecule has 0 spiro atoms. The number of ether oxygens (including phenoxy) is 4. The van der Waals surface area contributed by atoms with Gasteiger partial charge in [0.2, 0.25) is 0 Å². The van der Waals surface area contributed by atoms with Gasteiger partial charge < -0.3 is 18.9 Å². The van der Waals surface area contributed by atoms with Crippen LogP contribution in [0.5, 0.6) is 17.2 Å². The van der Waals surface area contributed by atoms with Crippen LogP contribution in [0.3, 0.4) is 0 Å². The van der Waals surface area contributed by atoms with E-state index in [1.807, 2.05) is 38.1 Å². The minimum absolute atomic E-state index is 0.0559. The van der Waals surface area contributed by atoms with Crippen molar-refractivity contribution in [2.75, 3.05) is 20.8 Å². The lowest BCUT2D eigenvalue weighted by Gasteiger charge is -2.25. The van der Waals surface area contributed by atoms with Crippen LogP contribution in [0.1, 0.15) is 44.9 Å². The van der Waals surface area contributed by atoms with Gasteiger partial charge in [-0.2, -0.15) is 0 Å². The van der Waals surface area contributed by atoms with Gasteiger partial charge in [0.1, 0.15) is 5.75 Å². The average Bonchev–Trinajstić information content (AvgIpc) is 3.17. The Morgan fingerprint density at radius 3 is 2.50 bits per heavy atom. The number of esters is 1. The molecule has 0 saturated carbocycles. The van der Waals surface area contributed by atoms with E-state index in [4.69, 9.17) is 18.9 Å². The van der Waals surface area contributed by atoms with Gasteiger partial charge in [0.15, 0.2) is 16.3 Å². The van der Waals surface area contributed by atoms with Crippen molar-refractivity contribution in [1.29, 1.82) is 0 Å². The SMILES string of the molecule is CCOC(=O)C1=C(C)N=c2sc(=Cc3cc(Br)ccc3OC)c(=O)n2C1c1ccc(OC(C)C)c(OC)c1. The fourth-order valence-electron chi connectivity index (χ4n) is 4.27. The molecule has 0 N–H and O–H groups in total. The molecule has 0 fully saturated rings. The highest BCUT2D eigenvalue weighted by atomic mass is 79.9. The number of halogens is 1. The molecular weight excluding hydrogens is 572 g/mol. The van der Waals surface area contributed by atoms with Gasteiger partial charge in [-0.15, -0.1) is 0 Å². The van der Waals surface area contributed by atoms with Crippen LogP contribution in [0, 0.1) is 0 Å². The first kappa shape index (κ1) is 27.7. The molecule has 0 aliphatic carbocycles. The lowest BCUT2D eigenvalue weighted by molar-refractivity contribution is -0.139. The summed E-state index contributed by atoms with van der Waals surface area (Å²) in [5.41, 5.74) is 1.91. The minimum atomic E-state index is -0.765. The summed E-state index contributed by atoms with van der Waals surface area (Å²) in [6.45, 7) is 7.54. The van der Waals surface area contributed by atoms with Crippen LogP contribution in [0.2, 0.25) is 0 Å². The summed E-state index contributed by atoms with van der Waals surface area (Å²) in [7, 11) is 3.13. The molecule has 0 amide bonds. The van der Waals surface area contributed by atoms with Gasteiger partial charge in [0.05, 0.1) is 48.8 Å². The number of allylic oxidation sites excluding steroid dienone is 1. The quantitative estimate of drug-likeness (QED) is 0.357. The lowest BCUT2D eigenvalue weighted by atomic mass is 9.95. The number of aromatic nitrogens is 1. The molecule has 4 rings (SSSR count). The van der Waals surface area contributed by atoms with E-state index >= 15 is 0 Å². The smallest absolute Gasteiger partial charge is 0.338 e. The second-order valence-corrected chi connectivity index (χ2v) is 10.7. The molecule has 0 saturated heterocycles. The van der Waals surface area contributed by atoms with Gasteiger partial charge in [-0.05, 0) is 69.7 Å². The molecular formula is C28H29BrN2O6S. The molecule has 1 aliphatic heterocycles. The van der Waals surface area contributed by atoms with Crippen LogP contribution in [0.25, 0.3) is 6.08 Å². The van der Waals surface area contributed by atoms with Gasteiger partial charge >= 0.3 is 5.97 Å². The van der Waals surface area contributed by atoms with Crippen molar-refractivity contribution in [3.8, 4) is 17.2 Å². The van der Waals surface area contributed by atoms with E-state index in [-0.39, 0.29) is 18.3 Å². The predicted molar refractivity (Wildman–Crippen MR) is 150 cm³/mol. The minimum Gasteiger partial charge on any atom is -0.496 e. The number of nitrogens with zero attached hydrogens (tertiary/aromatic N) is 2.